The number of imidazole rings is 1. The molecular formula is C22H25N3O3. The molecule has 1 atom stereocenters. The number of carbonyl (C=O) groups excluding carboxylic acids is 2. The minimum Gasteiger partial charge on any atom is -0.452 e. The second kappa shape index (κ2) is 8.25. The number of ether oxygens (including phenoxy) is 1. The average molecular weight is 379 g/mol. The fourth-order valence-corrected chi connectivity index (χ4v) is 2.91. The maximum atomic E-state index is 12.3. The lowest BCUT2D eigenvalue weighted by molar-refractivity contribution is -0.125. The van der Waals surface area contributed by atoms with Crippen LogP contribution in [0.4, 0.5) is 0 Å². The first-order chi connectivity index (χ1) is 13.4. The number of esters is 1. The summed E-state index contributed by atoms with van der Waals surface area (Å²) in [7, 11) is 0. The van der Waals surface area contributed by atoms with Crippen molar-refractivity contribution in [3.8, 4) is 5.69 Å². The highest BCUT2D eigenvalue weighted by atomic mass is 16.5. The van der Waals surface area contributed by atoms with Crippen LogP contribution in [0.15, 0.2) is 48.5 Å². The summed E-state index contributed by atoms with van der Waals surface area (Å²) in [6.45, 7) is 7.58. The van der Waals surface area contributed by atoms with E-state index in [1.54, 1.807) is 12.1 Å². The van der Waals surface area contributed by atoms with Crippen molar-refractivity contribution in [3.63, 3.8) is 0 Å². The van der Waals surface area contributed by atoms with E-state index in [2.05, 4.69) is 10.3 Å². The number of aromatic nitrogens is 2. The summed E-state index contributed by atoms with van der Waals surface area (Å²) in [6.07, 6.45) is 0. The maximum absolute atomic E-state index is 12.3. The van der Waals surface area contributed by atoms with Crippen LogP contribution in [0.2, 0.25) is 0 Å². The topological polar surface area (TPSA) is 73.2 Å². The number of hydrogen-bond acceptors (Lipinski definition) is 4. The number of benzene rings is 2. The van der Waals surface area contributed by atoms with E-state index in [9.17, 15) is 9.59 Å². The molecule has 0 bridgehead atoms. The summed E-state index contributed by atoms with van der Waals surface area (Å²) < 4.78 is 7.19. The molecule has 1 aromatic heterocycles. The summed E-state index contributed by atoms with van der Waals surface area (Å²) in [6, 6.07) is 15.2. The molecule has 0 aliphatic carbocycles. The monoisotopic (exact) mass is 379 g/mol. The number of fused-ring (bicyclic) bond motifs is 1. The predicted molar refractivity (Wildman–Crippen MR) is 109 cm³/mol. The number of rotatable bonds is 6. The maximum Gasteiger partial charge on any atom is 0.338 e. The van der Waals surface area contributed by atoms with Crippen molar-refractivity contribution in [3.05, 3.63) is 59.9 Å². The van der Waals surface area contributed by atoms with Crippen molar-refractivity contribution in [1.29, 1.82) is 0 Å². The first kappa shape index (κ1) is 19.6. The number of nitrogens with zero attached hydrogens (tertiary/aromatic N) is 2. The zero-order valence-corrected chi connectivity index (χ0v) is 16.6. The van der Waals surface area contributed by atoms with E-state index in [-0.39, 0.29) is 18.6 Å². The first-order valence-electron chi connectivity index (χ1n) is 9.38. The third-order valence-corrected chi connectivity index (χ3v) is 4.80. The SMILES string of the molecule is Cc1nc2cc(C(=O)OCC(=O)N[C@@H](C)C(C)C)ccc2n1-c1ccccc1. The van der Waals surface area contributed by atoms with Crippen LogP contribution in [-0.2, 0) is 9.53 Å². The number of aryl methyl sites for hydroxylation is 1. The third kappa shape index (κ3) is 4.22. The molecule has 1 heterocycles. The summed E-state index contributed by atoms with van der Waals surface area (Å²) >= 11 is 0. The molecule has 0 aliphatic heterocycles. The standard InChI is InChI=1S/C22H25N3O3/c1-14(2)15(3)23-21(26)13-28-22(27)17-10-11-20-19(12-17)24-16(4)25(20)18-8-6-5-7-9-18/h5-12,14-15H,13H2,1-4H3,(H,23,26)/t15-/m0/s1. The highest BCUT2D eigenvalue weighted by Crippen LogP contribution is 2.22. The van der Waals surface area contributed by atoms with E-state index in [1.165, 1.54) is 0 Å². The van der Waals surface area contributed by atoms with Crippen LogP contribution in [-0.4, -0.2) is 34.1 Å². The van der Waals surface area contributed by atoms with Gasteiger partial charge < -0.3 is 10.1 Å². The molecule has 0 spiro atoms. The van der Waals surface area contributed by atoms with Gasteiger partial charge in [0, 0.05) is 11.7 Å². The van der Waals surface area contributed by atoms with E-state index >= 15 is 0 Å². The number of hydrogen-bond donors (Lipinski definition) is 1. The van der Waals surface area contributed by atoms with Crippen molar-refractivity contribution in [1.82, 2.24) is 14.9 Å². The molecule has 1 N–H and O–H groups in total. The summed E-state index contributed by atoms with van der Waals surface area (Å²) in [5, 5.41) is 2.81. The predicted octanol–water partition coefficient (Wildman–Crippen LogP) is 3.65. The van der Waals surface area contributed by atoms with Crippen LogP contribution in [0, 0.1) is 12.8 Å². The summed E-state index contributed by atoms with van der Waals surface area (Å²) in [5.74, 6) is 0.291. The Bertz CT molecular complexity index is 993. The van der Waals surface area contributed by atoms with Crippen LogP contribution in [0.25, 0.3) is 16.7 Å². The quantitative estimate of drug-likeness (QED) is 0.664. The number of nitrogens with one attached hydrogen (secondary N) is 1. The molecule has 0 radical (unpaired) electrons. The molecule has 0 saturated heterocycles. The highest BCUT2D eigenvalue weighted by molar-refractivity contribution is 5.95. The minimum atomic E-state index is -0.541. The van der Waals surface area contributed by atoms with Gasteiger partial charge >= 0.3 is 5.97 Å². The molecule has 0 unspecified atom stereocenters. The van der Waals surface area contributed by atoms with Crippen molar-refractivity contribution >= 4 is 22.9 Å². The Morgan fingerprint density at radius 3 is 2.50 bits per heavy atom. The average Bonchev–Trinajstić information content (AvgIpc) is 3.01. The van der Waals surface area contributed by atoms with Crippen LogP contribution in [0.1, 0.15) is 37.0 Å². The molecule has 146 valence electrons. The van der Waals surface area contributed by atoms with Gasteiger partial charge in [-0.2, -0.15) is 0 Å². The number of carbonyl (C=O) groups is 2. The molecule has 0 fully saturated rings. The van der Waals surface area contributed by atoms with E-state index in [0.717, 1.165) is 17.0 Å². The molecule has 0 saturated carbocycles. The van der Waals surface area contributed by atoms with Crippen LogP contribution >= 0.6 is 0 Å². The highest BCUT2D eigenvalue weighted by Gasteiger charge is 2.16. The van der Waals surface area contributed by atoms with Gasteiger partial charge in [0.15, 0.2) is 6.61 Å². The van der Waals surface area contributed by atoms with Crippen molar-refractivity contribution in [2.45, 2.75) is 33.7 Å². The number of amides is 1. The Kier molecular flexibility index (Phi) is 5.78. The molecular weight excluding hydrogens is 354 g/mol. The lowest BCUT2D eigenvalue weighted by atomic mass is 10.1. The van der Waals surface area contributed by atoms with Gasteiger partial charge in [-0.3, -0.25) is 9.36 Å². The molecule has 6 heteroatoms. The van der Waals surface area contributed by atoms with Crippen LogP contribution in [0.3, 0.4) is 0 Å². The lowest BCUT2D eigenvalue weighted by Gasteiger charge is -2.17. The second-order valence-corrected chi connectivity index (χ2v) is 7.21. The smallest absolute Gasteiger partial charge is 0.338 e. The van der Waals surface area contributed by atoms with E-state index in [0.29, 0.717) is 17.0 Å². The van der Waals surface area contributed by atoms with Gasteiger partial charge in [-0.15, -0.1) is 0 Å². The lowest BCUT2D eigenvalue weighted by Crippen LogP contribution is -2.38. The largest absolute Gasteiger partial charge is 0.452 e. The zero-order valence-electron chi connectivity index (χ0n) is 16.6. The van der Waals surface area contributed by atoms with Crippen LogP contribution in [0.5, 0.6) is 0 Å². The molecule has 2 aromatic carbocycles. The van der Waals surface area contributed by atoms with Crippen molar-refractivity contribution in [2.75, 3.05) is 6.61 Å². The van der Waals surface area contributed by atoms with Gasteiger partial charge in [-0.25, -0.2) is 9.78 Å². The minimum absolute atomic E-state index is 0.0208. The zero-order chi connectivity index (χ0) is 20.3. The fourth-order valence-electron chi connectivity index (χ4n) is 2.91. The Hall–Kier alpha value is -3.15. The Balaban J connectivity index is 1.74. The number of para-hydroxylation sites is 1. The first-order valence-corrected chi connectivity index (χ1v) is 9.38. The normalized spacial score (nSPS) is 12.2. The Labute approximate surface area is 164 Å². The molecule has 3 rings (SSSR count). The molecule has 6 nitrogen and oxygen atoms in total. The second-order valence-electron chi connectivity index (χ2n) is 7.21. The Morgan fingerprint density at radius 2 is 1.82 bits per heavy atom. The Morgan fingerprint density at radius 1 is 1.11 bits per heavy atom. The van der Waals surface area contributed by atoms with E-state index in [1.807, 2.05) is 68.7 Å². The van der Waals surface area contributed by atoms with Gasteiger partial charge in [-0.1, -0.05) is 32.0 Å². The van der Waals surface area contributed by atoms with Gasteiger partial charge in [0.05, 0.1) is 16.6 Å². The molecule has 0 aliphatic rings. The van der Waals surface area contributed by atoms with Gasteiger partial charge in [0.25, 0.3) is 5.91 Å². The van der Waals surface area contributed by atoms with E-state index in [4.69, 9.17) is 4.74 Å². The van der Waals surface area contributed by atoms with Gasteiger partial charge in [-0.05, 0) is 50.1 Å². The van der Waals surface area contributed by atoms with Crippen molar-refractivity contribution < 1.29 is 14.3 Å². The molecule has 28 heavy (non-hydrogen) atoms. The summed E-state index contributed by atoms with van der Waals surface area (Å²) in [4.78, 5) is 28.8. The molecule has 3 aromatic rings. The van der Waals surface area contributed by atoms with Crippen LogP contribution < -0.4 is 5.32 Å². The van der Waals surface area contributed by atoms with Gasteiger partial charge in [0.2, 0.25) is 0 Å². The van der Waals surface area contributed by atoms with Crippen molar-refractivity contribution in [2.24, 2.45) is 5.92 Å². The van der Waals surface area contributed by atoms with E-state index < -0.39 is 5.97 Å². The molecule has 1 amide bonds. The third-order valence-electron chi connectivity index (χ3n) is 4.80. The summed E-state index contributed by atoms with van der Waals surface area (Å²) in [5.41, 5.74) is 2.99. The fraction of sp³-hybridized carbons (Fsp3) is 0.318. The van der Waals surface area contributed by atoms with Gasteiger partial charge in [0.1, 0.15) is 5.82 Å².